The topological polar surface area (TPSA) is 90.9 Å². The van der Waals surface area contributed by atoms with Crippen LogP contribution < -0.4 is 19.5 Å². The molecule has 140 valence electrons. The normalized spacial score (nSPS) is 10.8. The van der Waals surface area contributed by atoms with E-state index in [4.69, 9.17) is 14.2 Å². The molecule has 0 saturated carbocycles. The molecule has 0 aliphatic heterocycles. The first-order valence-corrected chi connectivity index (χ1v) is 9.89. The Morgan fingerprint density at radius 1 is 1.00 bits per heavy atom. The minimum atomic E-state index is -3.08. The van der Waals surface area contributed by atoms with Crippen molar-refractivity contribution in [3.8, 4) is 17.2 Å². The number of ether oxygens (including phenoxy) is 3. The Balaban J connectivity index is 1.83. The number of carbonyl (C=O) groups excluding carboxylic acids is 1. The summed E-state index contributed by atoms with van der Waals surface area (Å²) in [6, 6.07) is 13.6. The van der Waals surface area contributed by atoms with Crippen molar-refractivity contribution in [1.29, 1.82) is 0 Å². The molecule has 7 nitrogen and oxygen atoms in total. The highest BCUT2D eigenvalue weighted by Crippen LogP contribution is 2.19. The maximum absolute atomic E-state index is 12.0. The molecular formula is C18H21NO6S. The Hall–Kier alpha value is -2.74. The van der Waals surface area contributed by atoms with Crippen LogP contribution in [0.15, 0.2) is 48.5 Å². The fraction of sp³-hybridized carbons (Fsp3) is 0.278. The van der Waals surface area contributed by atoms with E-state index in [1.54, 1.807) is 55.6 Å². The first-order chi connectivity index (χ1) is 12.4. The standard InChI is InChI=1S/C18H21NO6S/c1-23-15-6-8-16(9-7-15)25-13-18(20)19-14-4-3-5-17(12-14)24-10-11-26(2,21)22/h3-9,12H,10-11,13H2,1-2H3,(H,19,20). The van der Waals surface area contributed by atoms with Crippen molar-refractivity contribution in [1.82, 2.24) is 0 Å². The first kappa shape index (κ1) is 19.6. The second kappa shape index (κ2) is 9.10. The summed E-state index contributed by atoms with van der Waals surface area (Å²) in [5.41, 5.74) is 0.533. The monoisotopic (exact) mass is 379 g/mol. The zero-order valence-electron chi connectivity index (χ0n) is 14.6. The molecule has 0 atom stereocenters. The van der Waals surface area contributed by atoms with E-state index in [0.717, 1.165) is 6.26 Å². The number of hydrogen-bond donors (Lipinski definition) is 1. The first-order valence-electron chi connectivity index (χ1n) is 7.83. The molecule has 2 aromatic carbocycles. The van der Waals surface area contributed by atoms with Gasteiger partial charge < -0.3 is 19.5 Å². The van der Waals surface area contributed by atoms with Crippen LogP contribution in [0.2, 0.25) is 0 Å². The highest BCUT2D eigenvalue weighted by atomic mass is 32.2. The van der Waals surface area contributed by atoms with Crippen LogP contribution in [0.1, 0.15) is 0 Å². The number of anilines is 1. The van der Waals surface area contributed by atoms with E-state index in [0.29, 0.717) is 22.9 Å². The SMILES string of the molecule is COc1ccc(OCC(=O)Nc2cccc(OCCS(C)(=O)=O)c2)cc1. The van der Waals surface area contributed by atoms with Crippen LogP contribution in [0.25, 0.3) is 0 Å². The average molecular weight is 379 g/mol. The lowest BCUT2D eigenvalue weighted by Gasteiger charge is -2.10. The molecule has 0 radical (unpaired) electrons. The van der Waals surface area contributed by atoms with Crippen molar-refractivity contribution >= 4 is 21.4 Å². The summed E-state index contributed by atoms with van der Waals surface area (Å²) in [4.78, 5) is 12.0. The number of rotatable bonds is 9. The van der Waals surface area contributed by atoms with Gasteiger partial charge in [0.1, 0.15) is 23.9 Å². The molecular weight excluding hydrogens is 358 g/mol. The lowest BCUT2D eigenvalue weighted by Crippen LogP contribution is -2.20. The van der Waals surface area contributed by atoms with Gasteiger partial charge in [-0.2, -0.15) is 0 Å². The molecule has 2 aromatic rings. The molecule has 0 bridgehead atoms. The van der Waals surface area contributed by atoms with Gasteiger partial charge in [0.15, 0.2) is 16.4 Å². The van der Waals surface area contributed by atoms with E-state index in [-0.39, 0.29) is 24.9 Å². The molecule has 0 fully saturated rings. The average Bonchev–Trinajstić information content (AvgIpc) is 2.60. The number of carbonyl (C=O) groups is 1. The number of hydrogen-bond acceptors (Lipinski definition) is 6. The van der Waals surface area contributed by atoms with Gasteiger partial charge in [0.05, 0.1) is 12.9 Å². The zero-order chi connectivity index (χ0) is 19.0. The highest BCUT2D eigenvalue weighted by molar-refractivity contribution is 7.90. The van der Waals surface area contributed by atoms with Gasteiger partial charge >= 0.3 is 0 Å². The predicted octanol–water partition coefficient (Wildman–Crippen LogP) is 2.14. The van der Waals surface area contributed by atoms with Crippen molar-refractivity contribution in [2.45, 2.75) is 0 Å². The van der Waals surface area contributed by atoms with E-state index in [2.05, 4.69) is 5.32 Å². The van der Waals surface area contributed by atoms with E-state index in [9.17, 15) is 13.2 Å². The third-order valence-electron chi connectivity index (χ3n) is 3.27. The number of sulfone groups is 1. The Kier molecular flexibility index (Phi) is 6.85. The molecule has 2 rings (SSSR count). The molecule has 0 aliphatic carbocycles. The van der Waals surface area contributed by atoms with Crippen LogP contribution in [0, 0.1) is 0 Å². The van der Waals surface area contributed by atoms with Crippen molar-refractivity contribution < 1.29 is 27.4 Å². The van der Waals surface area contributed by atoms with Crippen molar-refractivity contribution in [2.24, 2.45) is 0 Å². The Labute approximate surface area is 152 Å². The van der Waals surface area contributed by atoms with Gasteiger partial charge in [0.2, 0.25) is 0 Å². The number of methoxy groups -OCH3 is 1. The van der Waals surface area contributed by atoms with Crippen LogP contribution in [0.4, 0.5) is 5.69 Å². The fourth-order valence-electron chi connectivity index (χ4n) is 1.99. The summed E-state index contributed by atoms with van der Waals surface area (Å²) < 4.78 is 38.0. The van der Waals surface area contributed by atoms with Crippen LogP contribution in [0.3, 0.4) is 0 Å². The summed E-state index contributed by atoms with van der Waals surface area (Å²) >= 11 is 0. The van der Waals surface area contributed by atoms with E-state index in [1.807, 2.05) is 0 Å². The smallest absolute Gasteiger partial charge is 0.262 e. The van der Waals surface area contributed by atoms with Crippen LogP contribution in [-0.2, 0) is 14.6 Å². The summed E-state index contributed by atoms with van der Waals surface area (Å²) in [6.07, 6.45) is 1.15. The molecule has 0 spiro atoms. The molecule has 1 N–H and O–H groups in total. The Bertz CT molecular complexity index is 833. The third kappa shape index (κ3) is 7.02. The Morgan fingerprint density at radius 2 is 1.69 bits per heavy atom. The molecule has 0 aliphatic rings. The van der Waals surface area contributed by atoms with Gasteiger partial charge in [0.25, 0.3) is 5.91 Å². The van der Waals surface area contributed by atoms with Crippen LogP contribution in [-0.4, -0.2) is 46.7 Å². The molecule has 0 heterocycles. The lowest BCUT2D eigenvalue weighted by atomic mass is 10.3. The summed E-state index contributed by atoms with van der Waals surface area (Å²) in [5.74, 6) is 1.34. The van der Waals surface area contributed by atoms with Crippen LogP contribution >= 0.6 is 0 Å². The minimum Gasteiger partial charge on any atom is -0.497 e. The van der Waals surface area contributed by atoms with Gasteiger partial charge in [-0.05, 0) is 36.4 Å². The van der Waals surface area contributed by atoms with Gasteiger partial charge in [-0.15, -0.1) is 0 Å². The van der Waals surface area contributed by atoms with Crippen molar-refractivity contribution in [3.05, 3.63) is 48.5 Å². The van der Waals surface area contributed by atoms with Gasteiger partial charge in [-0.25, -0.2) is 8.42 Å². The number of nitrogens with one attached hydrogen (secondary N) is 1. The van der Waals surface area contributed by atoms with Gasteiger partial charge in [-0.3, -0.25) is 4.79 Å². The van der Waals surface area contributed by atoms with Gasteiger partial charge in [0, 0.05) is 18.0 Å². The maximum Gasteiger partial charge on any atom is 0.262 e. The predicted molar refractivity (Wildman–Crippen MR) is 98.8 cm³/mol. The molecule has 0 saturated heterocycles. The van der Waals surface area contributed by atoms with Gasteiger partial charge in [-0.1, -0.05) is 6.07 Å². The second-order valence-electron chi connectivity index (χ2n) is 5.52. The van der Waals surface area contributed by atoms with Crippen molar-refractivity contribution in [2.75, 3.05) is 37.6 Å². The maximum atomic E-state index is 12.0. The van der Waals surface area contributed by atoms with E-state index in [1.165, 1.54) is 0 Å². The lowest BCUT2D eigenvalue weighted by molar-refractivity contribution is -0.118. The second-order valence-corrected chi connectivity index (χ2v) is 7.78. The minimum absolute atomic E-state index is 0.0524. The third-order valence-corrected chi connectivity index (χ3v) is 4.18. The molecule has 8 heteroatoms. The molecule has 0 unspecified atom stereocenters. The summed E-state index contributed by atoms with van der Waals surface area (Å²) in [7, 11) is -1.51. The van der Waals surface area contributed by atoms with Crippen molar-refractivity contribution in [3.63, 3.8) is 0 Å². The summed E-state index contributed by atoms with van der Waals surface area (Å²) in [6.45, 7) is -0.0949. The zero-order valence-corrected chi connectivity index (χ0v) is 15.4. The number of amides is 1. The van der Waals surface area contributed by atoms with E-state index < -0.39 is 9.84 Å². The molecule has 0 aromatic heterocycles. The van der Waals surface area contributed by atoms with Crippen LogP contribution in [0.5, 0.6) is 17.2 Å². The summed E-state index contributed by atoms with van der Waals surface area (Å²) in [5, 5.41) is 2.69. The van der Waals surface area contributed by atoms with E-state index >= 15 is 0 Å². The highest BCUT2D eigenvalue weighted by Gasteiger charge is 2.06. The number of benzene rings is 2. The fourth-order valence-corrected chi connectivity index (χ4v) is 2.38. The molecule has 1 amide bonds. The largest absolute Gasteiger partial charge is 0.497 e. The quantitative estimate of drug-likeness (QED) is 0.718. The Morgan fingerprint density at radius 3 is 2.35 bits per heavy atom. The molecule has 26 heavy (non-hydrogen) atoms.